The Morgan fingerprint density at radius 3 is 2.32 bits per heavy atom. The number of Topliss-reactive ketones (excluding diaryl/α,β-unsaturated/α-hetero) is 1. The maximum absolute atomic E-state index is 11.4. The molecule has 0 saturated carbocycles. The van der Waals surface area contributed by atoms with E-state index in [0.717, 1.165) is 17.1 Å². The van der Waals surface area contributed by atoms with E-state index >= 15 is 0 Å². The van der Waals surface area contributed by atoms with Crippen molar-refractivity contribution in [1.82, 2.24) is 9.97 Å². The minimum absolute atomic E-state index is 0.0262. The molecule has 28 heavy (non-hydrogen) atoms. The van der Waals surface area contributed by atoms with Crippen LogP contribution in [-0.2, 0) is 0 Å². The van der Waals surface area contributed by atoms with Crippen LogP contribution < -0.4 is 20.1 Å². The molecule has 144 valence electrons. The zero-order valence-electron chi connectivity index (χ0n) is 16.2. The van der Waals surface area contributed by atoms with Crippen LogP contribution in [0.15, 0.2) is 48.5 Å². The summed E-state index contributed by atoms with van der Waals surface area (Å²) in [4.78, 5) is 20.3. The van der Waals surface area contributed by atoms with E-state index in [9.17, 15) is 4.79 Å². The number of aryl methyl sites for hydroxylation is 1. The molecule has 0 aliphatic heterocycles. The molecule has 0 bridgehead atoms. The van der Waals surface area contributed by atoms with Crippen molar-refractivity contribution in [2.75, 3.05) is 24.9 Å². The van der Waals surface area contributed by atoms with E-state index in [0.29, 0.717) is 28.8 Å². The highest BCUT2D eigenvalue weighted by atomic mass is 16.5. The number of carbonyl (C=O) groups is 1. The molecule has 0 amide bonds. The van der Waals surface area contributed by atoms with Gasteiger partial charge in [0.25, 0.3) is 0 Å². The highest BCUT2D eigenvalue weighted by molar-refractivity contribution is 5.94. The van der Waals surface area contributed by atoms with Crippen molar-refractivity contribution in [3.63, 3.8) is 0 Å². The van der Waals surface area contributed by atoms with Crippen molar-refractivity contribution in [3.8, 4) is 11.5 Å². The lowest BCUT2D eigenvalue weighted by Gasteiger charge is -2.13. The summed E-state index contributed by atoms with van der Waals surface area (Å²) in [5, 5.41) is 6.41. The monoisotopic (exact) mass is 378 g/mol. The number of methoxy groups -OCH3 is 2. The van der Waals surface area contributed by atoms with Gasteiger partial charge in [-0.2, -0.15) is 4.98 Å². The largest absolute Gasteiger partial charge is 0.497 e. The molecule has 0 saturated heterocycles. The average molecular weight is 378 g/mol. The fraction of sp³-hybridized carbons (Fsp3) is 0.190. The third-order valence-electron chi connectivity index (χ3n) is 4.07. The predicted molar refractivity (Wildman–Crippen MR) is 109 cm³/mol. The number of hydrogen-bond donors (Lipinski definition) is 2. The molecule has 1 heterocycles. The highest BCUT2D eigenvalue weighted by Crippen LogP contribution is 2.31. The van der Waals surface area contributed by atoms with E-state index in [1.54, 1.807) is 32.4 Å². The second-order valence-corrected chi connectivity index (χ2v) is 6.17. The van der Waals surface area contributed by atoms with Gasteiger partial charge in [0.1, 0.15) is 17.3 Å². The van der Waals surface area contributed by atoms with Crippen LogP contribution in [0, 0.1) is 6.92 Å². The minimum Gasteiger partial charge on any atom is -0.497 e. The van der Waals surface area contributed by atoms with E-state index in [-0.39, 0.29) is 5.78 Å². The predicted octanol–water partition coefficient (Wildman–Crippen LogP) is 4.49. The van der Waals surface area contributed by atoms with Gasteiger partial charge in [-0.05, 0) is 50.2 Å². The summed E-state index contributed by atoms with van der Waals surface area (Å²) in [5.74, 6) is 2.45. The Balaban J connectivity index is 1.82. The molecule has 3 aromatic rings. The molecule has 3 rings (SSSR count). The Morgan fingerprint density at radius 2 is 1.68 bits per heavy atom. The lowest BCUT2D eigenvalue weighted by Crippen LogP contribution is -2.03. The molecule has 0 radical (unpaired) electrons. The van der Waals surface area contributed by atoms with Gasteiger partial charge >= 0.3 is 0 Å². The van der Waals surface area contributed by atoms with Gasteiger partial charge < -0.3 is 20.1 Å². The number of nitrogens with one attached hydrogen (secondary N) is 2. The summed E-state index contributed by atoms with van der Waals surface area (Å²) in [7, 11) is 3.21. The number of anilines is 4. The molecule has 0 aliphatic carbocycles. The van der Waals surface area contributed by atoms with Crippen LogP contribution >= 0.6 is 0 Å². The molecule has 7 nitrogen and oxygen atoms in total. The quantitative estimate of drug-likeness (QED) is 0.586. The molecular weight excluding hydrogens is 356 g/mol. The Kier molecular flexibility index (Phi) is 5.74. The van der Waals surface area contributed by atoms with E-state index in [1.165, 1.54) is 6.92 Å². The molecule has 0 fully saturated rings. The van der Waals surface area contributed by atoms with Crippen molar-refractivity contribution < 1.29 is 14.3 Å². The number of aromatic nitrogens is 2. The van der Waals surface area contributed by atoms with Gasteiger partial charge in [-0.3, -0.25) is 4.79 Å². The van der Waals surface area contributed by atoms with E-state index < -0.39 is 0 Å². The topological polar surface area (TPSA) is 85.4 Å². The smallest absolute Gasteiger partial charge is 0.229 e. The zero-order chi connectivity index (χ0) is 20.1. The van der Waals surface area contributed by atoms with Crippen molar-refractivity contribution in [1.29, 1.82) is 0 Å². The third kappa shape index (κ3) is 4.56. The van der Waals surface area contributed by atoms with Crippen molar-refractivity contribution in [3.05, 3.63) is 59.8 Å². The first-order chi connectivity index (χ1) is 13.5. The molecule has 0 atom stereocenters. The molecule has 0 aliphatic rings. The first-order valence-electron chi connectivity index (χ1n) is 8.71. The number of ketones is 1. The summed E-state index contributed by atoms with van der Waals surface area (Å²) >= 11 is 0. The SMILES string of the molecule is COc1ccc(Nc2cc(C)nc(Nc3ccc(C(C)=O)cc3)n2)c(OC)c1. The minimum atomic E-state index is 0.0262. The van der Waals surface area contributed by atoms with Gasteiger partial charge in [-0.25, -0.2) is 4.98 Å². The van der Waals surface area contributed by atoms with E-state index in [1.807, 2.05) is 37.3 Å². The summed E-state index contributed by atoms with van der Waals surface area (Å²) in [6.07, 6.45) is 0. The Labute approximate surface area is 163 Å². The normalized spacial score (nSPS) is 10.3. The number of hydrogen-bond acceptors (Lipinski definition) is 7. The maximum Gasteiger partial charge on any atom is 0.229 e. The Bertz CT molecular complexity index is 987. The van der Waals surface area contributed by atoms with E-state index in [2.05, 4.69) is 20.6 Å². The Hall–Kier alpha value is -3.61. The molecule has 2 aromatic carbocycles. The molecule has 0 unspecified atom stereocenters. The summed E-state index contributed by atoms with van der Waals surface area (Å²) in [6.45, 7) is 3.43. The number of benzene rings is 2. The number of ether oxygens (including phenoxy) is 2. The van der Waals surface area contributed by atoms with E-state index in [4.69, 9.17) is 9.47 Å². The zero-order valence-corrected chi connectivity index (χ0v) is 16.2. The van der Waals surface area contributed by atoms with Gasteiger partial charge in [0, 0.05) is 29.1 Å². The first kappa shape index (κ1) is 19.2. The van der Waals surface area contributed by atoms with Gasteiger partial charge in [0.05, 0.1) is 19.9 Å². The number of rotatable bonds is 7. The molecule has 7 heteroatoms. The highest BCUT2D eigenvalue weighted by Gasteiger charge is 2.09. The maximum atomic E-state index is 11.4. The fourth-order valence-electron chi connectivity index (χ4n) is 2.65. The second-order valence-electron chi connectivity index (χ2n) is 6.17. The summed E-state index contributed by atoms with van der Waals surface area (Å²) < 4.78 is 10.6. The van der Waals surface area contributed by atoms with Crippen LogP contribution in [0.5, 0.6) is 11.5 Å². The Morgan fingerprint density at radius 1 is 0.929 bits per heavy atom. The molecule has 1 aromatic heterocycles. The van der Waals surface area contributed by atoms with Gasteiger partial charge in [-0.1, -0.05) is 0 Å². The standard InChI is InChI=1S/C21H22N4O3/c1-13-11-20(24-18-10-9-17(27-3)12-19(18)28-4)25-21(22-13)23-16-7-5-15(6-8-16)14(2)26/h5-12H,1-4H3,(H2,22,23,24,25). The van der Waals surface area contributed by atoms with Crippen LogP contribution in [0.25, 0.3) is 0 Å². The van der Waals surface area contributed by atoms with Crippen molar-refractivity contribution >= 4 is 28.9 Å². The van der Waals surface area contributed by atoms with Crippen LogP contribution in [-0.4, -0.2) is 30.0 Å². The van der Waals surface area contributed by atoms with Gasteiger partial charge in [0.2, 0.25) is 5.95 Å². The third-order valence-corrected chi connectivity index (χ3v) is 4.07. The van der Waals surface area contributed by atoms with Crippen LogP contribution in [0.2, 0.25) is 0 Å². The lowest BCUT2D eigenvalue weighted by atomic mass is 10.1. The number of nitrogens with zero attached hydrogens (tertiary/aromatic N) is 2. The second kappa shape index (κ2) is 8.39. The summed E-state index contributed by atoms with van der Waals surface area (Å²) in [6, 6.07) is 14.5. The number of carbonyl (C=O) groups excluding carboxylic acids is 1. The lowest BCUT2D eigenvalue weighted by molar-refractivity contribution is 0.101. The van der Waals surface area contributed by atoms with Crippen LogP contribution in [0.4, 0.5) is 23.1 Å². The average Bonchev–Trinajstić information content (AvgIpc) is 2.68. The van der Waals surface area contributed by atoms with Gasteiger partial charge in [-0.15, -0.1) is 0 Å². The summed E-state index contributed by atoms with van der Waals surface area (Å²) in [5.41, 5.74) is 3.01. The molecule has 2 N–H and O–H groups in total. The van der Waals surface area contributed by atoms with Crippen LogP contribution in [0.3, 0.4) is 0 Å². The van der Waals surface area contributed by atoms with Crippen LogP contribution in [0.1, 0.15) is 23.0 Å². The molecule has 0 spiro atoms. The first-order valence-corrected chi connectivity index (χ1v) is 8.71. The van der Waals surface area contributed by atoms with Crippen molar-refractivity contribution in [2.24, 2.45) is 0 Å². The fourth-order valence-corrected chi connectivity index (χ4v) is 2.65. The van der Waals surface area contributed by atoms with Gasteiger partial charge in [0.15, 0.2) is 5.78 Å². The van der Waals surface area contributed by atoms with Crippen molar-refractivity contribution in [2.45, 2.75) is 13.8 Å². The molecular formula is C21H22N4O3.